The lowest BCUT2D eigenvalue weighted by Gasteiger charge is -2.16. The number of rotatable bonds is 6. The predicted octanol–water partition coefficient (Wildman–Crippen LogP) is 4.22. The molecular weight excluding hydrogens is 234 g/mol. The second-order valence-electron chi connectivity index (χ2n) is 4.44. The SMILES string of the molecule is CCCCCC(C)Nc1ccc(C#N)c(F)c1F. The van der Waals surface area contributed by atoms with Crippen LogP contribution in [0.5, 0.6) is 0 Å². The summed E-state index contributed by atoms with van der Waals surface area (Å²) in [5.41, 5.74) is -0.146. The molecule has 1 rings (SSSR count). The number of hydrogen-bond donors (Lipinski definition) is 1. The molecule has 0 saturated heterocycles. The quantitative estimate of drug-likeness (QED) is 0.769. The summed E-state index contributed by atoms with van der Waals surface area (Å²) in [5, 5.41) is 11.5. The molecule has 0 heterocycles. The Morgan fingerprint density at radius 1 is 1.28 bits per heavy atom. The third kappa shape index (κ3) is 3.69. The molecule has 1 aromatic rings. The van der Waals surface area contributed by atoms with E-state index in [-0.39, 0.29) is 17.3 Å². The van der Waals surface area contributed by atoms with Gasteiger partial charge in [-0.05, 0) is 25.5 Å². The van der Waals surface area contributed by atoms with Gasteiger partial charge in [-0.1, -0.05) is 26.2 Å². The van der Waals surface area contributed by atoms with E-state index >= 15 is 0 Å². The van der Waals surface area contributed by atoms with E-state index in [0.29, 0.717) is 0 Å². The molecular formula is C14H18F2N2. The fourth-order valence-corrected chi connectivity index (χ4v) is 1.79. The van der Waals surface area contributed by atoms with Crippen LogP contribution >= 0.6 is 0 Å². The predicted molar refractivity (Wildman–Crippen MR) is 68.3 cm³/mol. The number of halogens is 2. The van der Waals surface area contributed by atoms with E-state index in [1.54, 1.807) is 6.07 Å². The highest BCUT2D eigenvalue weighted by molar-refractivity contribution is 5.50. The number of nitrogens with one attached hydrogen (secondary N) is 1. The lowest BCUT2D eigenvalue weighted by molar-refractivity contribution is 0.506. The second kappa shape index (κ2) is 6.95. The van der Waals surface area contributed by atoms with Crippen molar-refractivity contribution in [2.75, 3.05) is 5.32 Å². The Kier molecular flexibility index (Phi) is 5.57. The van der Waals surface area contributed by atoms with Crippen LogP contribution in [-0.4, -0.2) is 6.04 Å². The van der Waals surface area contributed by atoms with E-state index in [4.69, 9.17) is 5.26 Å². The lowest BCUT2D eigenvalue weighted by atomic mass is 10.1. The Balaban J connectivity index is 2.68. The van der Waals surface area contributed by atoms with Crippen molar-refractivity contribution in [1.29, 1.82) is 5.26 Å². The topological polar surface area (TPSA) is 35.8 Å². The fourth-order valence-electron chi connectivity index (χ4n) is 1.79. The molecule has 1 unspecified atom stereocenters. The smallest absolute Gasteiger partial charge is 0.183 e. The van der Waals surface area contributed by atoms with Crippen molar-refractivity contribution in [2.45, 2.75) is 45.6 Å². The highest BCUT2D eigenvalue weighted by atomic mass is 19.2. The van der Waals surface area contributed by atoms with Gasteiger partial charge in [0.15, 0.2) is 11.6 Å². The molecule has 0 amide bonds. The molecule has 1 N–H and O–H groups in total. The molecule has 2 nitrogen and oxygen atoms in total. The fraction of sp³-hybridized carbons (Fsp3) is 0.500. The first-order chi connectivity index (χ1) is 8.60. The van der Waals surface area contributed by atoms with Crippen molar-refractivity contribution >= 4 is 5.69 Å². The molecule has 0 aliphatic carbocycles. The summed E-state index contributed by atoms with van der Waals surface area (Å²) in [7, 11) is 0. The first kappa shape index (κ1) is 14.4. The van der Waals surface area contributed by atoms with Crippen LogP contribution in [0.2, 0.25) is 0 Å². The molecule has 0 fully saturated rings. The maximum atomic E-state index is 13.6. The van der Waals surface area contributed by atoms with Crippen LogP contribution in [0.1, 0.15) is 45.1 Å². The van der Waals surface area contributed by atoms with Gasteiger partial charge in [-0.2, -0.15) is 5.26 Å². The maximum Gasteiger partial charge on any atom is 0.183 e. The summed E-state index contributed by atoms with van der Waals surface area (Å²) < 4.78 is 27.0. The lowest BCUT2D eigenvalue weighted by Crippen LogP contribution is -2.16. The second-order valence-corrected chi connectivity index (χ2v) is 4.44. The first-order valence-corrected chi connectivity index (χ1v) is 6.24. The van der Waals surface area contributed by atoms with Crippen molar-refractivity contribution in [3.63, 3.8) is 0 Å². The zero-order valence-corrected chi connectivity index (χ0v) is 10.8. The Labute approximate surface area is 107 Å². The largest absolute Gasteiger partial charge is 0.380 e. The molecule has 0 spiro atoms. The van der Waals surface area contributed by atoms with Crippen LogP contribution < -0.4 is 5.32 Å². The molecule has 0 aliphatic heterocycles. The van der Waals surface area contributed by atoms with Gasteiger partial charge in [-0.3, -0.25) is 0 Å². The molecule has 0 radical (unpaired) electrons. The Bertz CT molecular complexity index is 438. The average molecular weight is 252 g/mol. The summed E-state index contributed by atoms with van der Waals surface area (Å²) in [6.07, 6.45) is 4.24. The molecule has 98 valence electrons. The number of hydrogen-bond acceptors (Lipinski definition) is 2. The summed E-state index contributed by atoms with van der Waals surface area (Å²) in [4.78, 5) is 0. The van der Waals surface area contributed by atoms with Crippen LogP contribution in [0.15, 0.2) is 12.1 Å². The van der Waals surface area contributed by atoms with Gasteiger partial charge in [0, 0.05) is 6.04 Å². The van der Waals surface area contributed by atoms with Crippen molar-refractivity contribution in [3.05, 3.63) is 29.3 Å². The van der Waals surface area contributed by atoms with Gasteiger partial charge in [-0.25, -0.2) is 8.78 Å². The average Bonchev–Trinajstić information content (AvgIpc) is 2.36. The number of benzene rings is 1. The minimum atomic E-state index is -1.08. The number of nitriles is 1. The molecule has 0 saturated carbocycles. The Morgan fingerprint density at radius 3 is 2.61 bits per heavy atom. The van der Waals surface area contributed by atoms with E-state index in [1.807, 2.05) is 6.92 Å². The maximum absolute atomic E-state index is 13.6. The Hall–Kier alpha value is -1.63. The highest BCUT2D eigenvalue weighted by Crippen LogP contribution is 2.21. The van der Waals surface area contributed by atoms with Gasteiger partial charge >= 0.3 is 0 Å². The molecule has 0 aliphatic rings. The van der Waals surface area contributed by atoms with Crippen LogP contribution in [0, 0.1) is 23.0 Å². The molecule has 0 aromatic heterocycles. The third-order valence-corrected chi connectivity index (χ3v) is 2.85. The van der Waals surface area contributed by atoms with Crippen LogP contribution in [0.4, 0.5) is 14.5 Å². The van der Waals surface area contributed by atoms with E-state index in [1.165, 1.54) is 12.1 Å². The normalized spacial score (nSPS) is 11.9. The highest BCUT2D eigenvalue weighted by Gasteiger charge is 2.14. The van der Waals surface area contributed by atoms with Crippen molar-refractivity contribution in [2.24, 2.45) is 0 Å². The summed E-state index contributed by atoms with van der Waals surface area (Å²) in [6.45, 7) is 4.05. The molecule has 1 aromatic carbocycles. The molecule has 18 heavy (non-hydrogen) atoms. The van der Waals surface area contributed by atoms with E-state index in [9.17, 15) is 8.78 Å². The zero-order chi connectivity index (χ0) is 13.5. The summed E-state index contributed by atoms with van der Waals surface area (Å²) in [5.74, 6) is -2.06. The van der Waals surface area contributed by atoms with Crippen LogP contribution in [-0.2, 0) is 0 Å². The van der Waals surface area contributed by atoms with Crippen molar-refractivity contribution in [3.8, 4) is 6.07 Å². The van der Waals surface area contributed by atoms with Crippen LogP contribution in [0.3, 0.4) is 0 Å². The van der Waals surface area contributed by atoms with Gasteiger partial charge in [-0.15, -0.1) is 0 Å². The molecule has 1 atom stereocenters. The minimum Gasteiger partial charge on any atom is -0.380 e. The van der Waals surface area contributed by atoms with Gasteiger partial charge in [0.25, 0.3) is 0 Å². The van der Waals surface area contributed by atoms with Crippen molar-refractivity contribution < 1.29 is 8.78 Å². The third-order valence-electron chi connectivity index (χ3n) is 2.85. The number of unbranched alkanes of at least 4 members (excludes halogenated alkanes) is 2. The van der Waals surface area contributed by atoms with Gasteiger partial charge in [0.2, 0.25) is 0 Å². The first-order valence-electron chi connectivity index (χ1n) is 6.24. The summed E-state index contributed by atoms with van der Waals surface area (Å²) >= 11 is 0. The summed E-state index contributed by atoms with van der Waals surface area (Å²) in [6, 6.07) is 4.40. The zero-order valence-electron chi connectivity index (χ0n) is 10.8. The van der Waals surface area contributed by atoms with Gasteiger partial charge in [0.1, 0.15) is 6.07 Å². The number of anilines is 1. The van der Waals surface area contributed by atoms with Gasteiger partial charge < -0.3 is 5.32 Å². The standard InChI is InChI=1S/C14H18F2N2/c1-3-4-5-6-10(2)18-12-8-7-11(9-17)13(15)14(12)16/h7-8,10,18H,3-6H2,1-2H3. The van der Waals surface area contributed by atoms with E-state index in [0.717, 1.165) is 25.7 Å². The van der Waals surface area contributed by atoms with E-state index < -0.39 is 11.6 Å². The monoisotopic (exact) mass is 252 g/mol. The van der Waals surface area contributed by atoms with Gasteiger partial charge in [0.05, 0.1) is 11.3 Å². The Morgan fingerprint density at radius 2 is 2.00 bits per heavy atom. The molecule has 4 heteroatoms. The minimum absolute atomic E-state index is 0.0818. The van der Waals surface area contributed by atoms with E-state index in [2.05, 4.69) is 12.2 Å². The van der Waals surface area contributed by atoms with Crippen LogP contribution in [0.25, 0.3) is 0 Å². The molecule has 0 bridgehead atoms. The number of nitrogens with zero attached hydrogens (tertiary/aromatic N) is 1. The van der Waals surface area contributed by atoms with Crippen molar-refractivity contribution in [1.82, 2.24) is 0 Å².